The first kappa shape index (κ1) is 12.7. The largest absolute Gasteiger partial charge is 0.362 e. The molecule has 3 nitrogen and oxygen atoms in total. The fraction of sp³-hybridized carbons (Fsp3) is 0.909. The highest BCUT2D eigenvalue weighted by atomic mass is 32.1. The normalized spacial score (nSPS) is 23.3. The molecule has 0 aromatic rings. The average Bonchev–Trinajstić information content (AvgIpc) is 2.18. The van der Waals surface area contributed by atoms with Crippen molar-refractivity contribution >= 4 is 17.3 Å². The number of hydrogen-bond donors (Lipinski definition) is 1. The maximum atomic E-state index is 5.38. The van der Waals surface area contributed by atoms with Gasteiger partial charge in [0.05, 0.1) is 0 Å². The zero-order valence-corrected chi connectivity index (χ0v) is 11.1. The van der Waals surface area contributed by atoms with Gasteiger partial charge in [0.15, 0.2) is 5.11 Å². The van der Waals surface area contributed by atoms with E-state index in [1.165, 1.54) is 0 Å². The summed E-state index contributed by atoms with van der Waals surface area (Å²) in [5.41, 5.74) is 0. The second kappa shape index (κ2) is 5.66. The summed E-state index contributed by atoms with van der Waals surface area (Å²) >= 11 is 5.38. The number of nitrogens with zero attached hydrogens (tertiary/aromatic N) is 2. The Balaban J connectivity index is 2.34. The molecule has 1 rings (SSSR count). The van der Waals surface area contributed by atoms with Crippen LogP contribution in [0.15, 0.2) is 0 Å². The molecule has 1 aliphatic rings. The second-order valence-electron chi connectivity index (χ2n) is 4.86. The predicted octanol–water partition coefficient (Wildman–Crippen LogP) is 1.15. The predicted molar refractivity (Wildman–Crippen MR) is 69.1 cm³/mol. The number of rotatable bonds is 2. The van der Waals surface area contributed by atoms with Gasteiger partial charge in [0.2, 0.25) is 0 Å². The fourth-order valence-electron chi connectivity index (χ4n) is 1.64. The van der Waals surface area contributed by atoms with Crippen LogP contribution in [0.3, 0.4) is 0 Å². The van der Waals surface area contributed by atoms with E-state index in [-0.39, 0.29) is 0 Å². The van der Waals surface area contributed by atoms with Gasteiger partial charge >= 0.3 is 0 Å². The highest BCUT2D eigenvalue weighted by Crippen LogP contribution is 2.07. The molecule has 1 fully saturated rings. The van der Waals surface area contributed by atoms with Gasteiger partial charge in [-0.15, -0.1) is 0 Å². The highest BCUT2D eigenvalue weighted by molar-refractivity contribution is 7.80. The van der Waals surface area contributed by atoms with Crippen LogP contribution >= 0.6 is 12.2 Å². The molecule has 1 unspecified atom stereocenters. The molecule has 1 atom stereocenters. The zero-order chi connectivity index (χ0) is 11.4. The van der Waals surface area contributed by atoms with Crippen LogP contribution < -0.4 is 5.32 Å². The molecule has 1 heterocycles. The molecule has 0 aliphatic carbocycles. The number of nitrogens with one attached hydrogen (secondary N) is 1. The molecule has 0 bridgehead atoms. The second-order valence-corrected chi connectivity index (χ2v) is 5.24. The fourth-order valence-corrected chi connectivity index (χ4v) is 1.89. The van der Waals surface area contributed by atoms with Crippen LogP contribution in [0.1, 0.15) is 20.8 Å². The molecular formula is C11H23N3S. The van der Waals surface area contributed by atoms with Gasteiger partial charge in [0.1, 0.15) is 0 Å². The first-order valence-electron chi connectivity index (χ1n) is 5.73. The summed E-state index contributed by atoms with van der Waals surface area (Å²) in [6.45, 7) is 10.8. The third-order valence-corrected chi connectivity index (χ3v) is 3.31. The maximum absolute atomic E-state index is 5.38. The molecule has 0 saturated carbocycles. The van der Waals surface area contributed by atoms with E-state index in [0.717, 1.165) is 31.3 Å². The van der Waals surface area contributed by atoms with Crippen LogP contribution in [0.2, 0.25) is 0 Å². The molecule has 0 aromatic carbocycles. The first-order valence-corrected chi connectivity index (χ1v) is 6.14. The summed E-state index contributed by atoms with van der Waals surface area (Å²) < 4.78 is 0. The number of likely N-dealkylation sites (N-methyl/N-ethyl adjacent to an activating group) is 1. The Morgan fingerprint density at radius 1 is 1.47 bits per heavy atom. The van der Waals surface area contributed by atoms with Crippen molar-refractivity contribution in [1.29, 1.82) is 0 Å². The van der Waals surface area contributed by atoms with E-state index >= 15 is 0 Å². The minimum absolute atomic E-state index is 0.595. The van der Waals surface area contributed by atoms with E-state index in [1.54, 1.807) is 0 Å². The van der Waals surface area contributed by atoms with E-state index in [4.69, 9.17) is 12.2 Å². The smallest absolute Gasteiger partial charge is 0.169 e. The van der Waals surface area contributed by atoms with Crippen LogP contribution in [0.5, 0.6) is 0 Å². The van der Waals surface area contributed by atoms with E-state index in [1.807, 2.05) is 0 Å². The lowest BCUT2D eigenvalue weighted by molar-refractivity contribution is 0.152. The Hall–Kier alpha value is -0.350. The van der Waals surface area contributed by atoms with Crippen LogP contribution in [-0.2, 0) is 0 Å². The minimum Gasteiger partial charge on any atom is -0.362 e. The molecule has 0 amide bonds. The lowest BCUT2D eigenvalue weighted by Crippen LogP contribution is -2.54. The standard InChI is InChI=1S/C11H23N3S/c1-9(2)7-12-11(15)14-6-5-13(4)10(3)8-14/h9-10H,5-8H2,1-4H3,(H,12,15). The topological polar surface area (TPSA) is 18.5 Å². The molecule has 15 heavy (non-hydrogen) atoms. The molecule has 4 heteroatoms. The summed E-state index contributed by atoms with van der Waals surface area (Å²) in [7, 11) is 2.17. The SMILES string of the molecule is CC(C)CNC(=S)N1CCN(C)C(C)C1. The lowest BCUT2D eigenvalue weighted by atomic mass is 10.2. The number of hydrogen-bond acceptors (Lipinski definition) is 2. The number of thiocarbonyl (C=S) groups is 1. The van der Waals surface area contributed by atoms with E-state index < -0.39 is 0 Å². The lowest BCUT2D eigenvalue weighted by Gasteiger charge is -2.39. The van der Waals surface area contributed by atoms with Crippen molar-refractivity contribution in [2.45, 2.75) is 26.8 Å². The molecule has 88 valence electrons. The van der Waals surface area contributed by atoms with Crippen molar-refractivity contribution in [3.63, 3.8) is 0 Å². The van der Waals surface area contributed by atoms with Gasteiger partial charge in [-0.05, 0) is 32.1 Å². The van der Waals surface area contributed by atoms with Crippen LogP contribution in [0.4, 0.5) is 0 Å². The molecule has 0 radical (unpaired) electrons. The summed E-state index contributed by atoms with van der Waals surface area (Å²) in [6.07, 6.45) is 0. The Bertz CT molecular complexity index is 218. The summed E-state index contributed by atoms with van der Waals surface area (Å²) in [5.74, 6) is 0.646. The molecule has 1 saturated heterocycles. The Morgan fingerprint density at radius 2 is 2.13 bits per heavy atom. The van der Waals surface area contributed by atoms with Gasteiger partial charge in [-0.1, -0.05) is 13.8 Å². The monoisotopic (exact) mass is 229 g/mol. The molecule has 1 aliphatic heterocycles. The van der Waals surface area contributed by atoms with E-state index in [9.17, 15) is 0 Å². The van der Waals surface area contributed by atoms with Gasteiger partial charge in [0, 0.05) is 32.2 Å². The molecule has 0 aromatic heterocycles. The highest BCUT2D eigenvalue weighted by Gasteiger charge is 2.21. The summed E-state index contributed by atoms with van der Waals surface area (Å²) in [6, 6.07) is 0.595. The Kier molecular flexibility index (Phi) is 4.80. The first-order chi connectivity index (χ1) is 7.00. The van der Waals surface area contributed by atoms with Gasteiger partial charge in [-0.3, -0.25) is 0 Å². The van der Waals surface area contributed by atoms with Crippen molar-refractivity contribution in [2.24, 2.45) is 5.92 Å². The van der Waals surface area contributed by atoms with Gasteiger partial charge in [0.25, 0.3) is 0 Å². The third-order valence-electron chi connectivity index (χ3n) is 2.91. The Labute approximate surface area is 98.8 Å². The Morgan fingerprint density at radius 3 is 2.67 bits per heavy atom. The van der Waals surface area contributed by atoms with Crippen molar-refractivity contribution in [3.05, 3.63) is 0 Å². The van der Waals surface area contributed by atoms with E-state index in [2.05, 4.69) is 42.9 Å². The van der Waals surface area contributed by atoms with Crippen LogP contribution in [-0.4, -0.2) is 54.2 Å². The van der Waals surface area contributed by atoms with Crippen molar-refractivity contribution in [3.8, 4) is 0 Å². The average molecular weight is 229 g/mol. The summed E-state index contributed by atoms with van der Waals surface area (Å²) in [5, 5.41) is 4.25. The third kappa shape index (κ3) is 3.95. The van der Waals surface area contributed by atoms with Crippen LogP contribution in [0.25, 0.3) is 0 Å². The van der Waals surface area contributed by atoms with Crippen LogP contribution in [0, 0.1) is 5.92 Å². The maximum Gasteiger partial charge on any atom is 0.169 e. The number of piperazine rings is 1. The van der Waals surface area contributed by atoms with Crippen molar-refractivity contribution < 1.29 is 0 Å². The molecule has 1 N–H and O–H groups in total. The molecular weight excluding hydrogens is 206 g/mol. The summed E-state index contributed by atoms with van der Waals surface area (Å²) in [4.78, 5) is 4.66. The van der Waals surface area contributed by atoms with Crippen molar-refractivity contribution in [2.75, 3.05) is 33.2 Å². The molecule has 0 spiro atoms. The quantitative estimate of drug-likeness (QED) is 0.716. The van der Waals surface area contributed by atoms with Gasteiger partial charge in [-0.2, -0.15) is 0 Å². The van der Waals surface area contributed by atoms with Gasteiger partial charge < -0.3 is 15.1 Å². The minimum atomic E-state index is 0.595. The van der Waals surface area contributed by atoms with Crippen molar-refractivity contribution in [1.82, 2.24) is 15.1 Å². The van der Waals surface area contributed by atoms with E-state index in [0.29, 0.717) is 12.0 Å². The zero-order valence-electron chi connectivity index (χ0n) is 10.3. The van der Waals surface area contributed by atoms with Gasteiger partial charge in [-0.25, -0.2) is 0 Å².